The predicted molar refractivity (Wildman–Crippen MR) is 107 cm³/mol. The van der Waals surface area contributed by atoms with Crippen LogP contribution in [0.2, 0.25) is 0 Å². The number of hydrogen-bond donors (Lipinski definition) is 2. The fourth-order valence-corrected chi connectivity index (χ4v) is 4.35. The number of hydrogen-bond acceptors (Lipinski definition) is 6. The van der Waals surface area contributed by atoms with Gasteiger partial charge >= 0.3 is 6.09 Å². The van der Waals surface area contributed by atoms with Gasteiger partial charge in [-0.1, -0.05) is 0 Å². The summed E-state index contributed by atoms with van der Waals surface area (Å²) in [7, 11) is -2.07. The summed E-state index contributed by atoms with van der Waals surface area (Å²) in [6, 6.07) is 6.11. The Kier molecular flexibility index (Phi) is 7.48. The van der Waals surface area contributed by atoms with Gasteiger partial charge in [-0.05, 0) is 57.9 Å². The predicted octanol–water partition coefficient (Wildman–Crippen LogP) is 1.49. The molecule has 0 radical (unpaired) electrons. The van der Waals surface area contributed by atoms with Gasteiger partial charge in [0, 0.05) is 19.1 Å². The van der Waals surface area contributed by atoms with E-state index in [2.05, 4.69) is 10.6 Å². The van der Waals surface area contributed by atoms with E-state index in [0.29, 0.717) is 31.7 Å². The van der Waals surface area contributed by atoms with E-state index in [1.165, 1.54) is 23.5 Å². The molecule has 1 saturated heterocycles. The van der Waals surface area contributed by atoms with Crippen LogP contribution in [0, 0.1) is 0 Å². The van der Waals surface area contributed by atoms with Crippen LogP contribution in [-0.4, -0.2) is 63.1 Å². The lowest BCUT2D eigenvalue weighted by Crippen LogP contribution is -2.48. The van der Waals surface area contributed by atoms with Crippen LogP contribution in [0.15, 0.2) is 29.2 Å². The first-order valence-electron chi connectivity index (χ1n) is 9.42. The van der Waals surface area contributed by atoms with E-state index in [4.69, 9.17) is 9.47 Å². The zero-order valence-corrected chi connectivity index (χ0v) is 18.0. The van der Waals surface area contributed by atoms with Crippen molar-refractivity contribution in [3.8, 4) is 5.75 Å². The second-order valence-electron chi connectivity index (χ2n) is 7.78. The highest BCUT2D eigenvalue weighted by Gasteiger charge is 2.30. The molecule has 0 aliphatic carbocycles. The molecular formula is C19H29N3O6S. The van der Waals surface area contributed by atoms with Crippen molar-refractivity contribution in [1.29, 1.82) is 0 Å². The van der Waals surface area contributed by atoms with Gasteiger partial charge in [0.1, 0.15) is 17.9 Å². The normalized spacial score (nSPS) is 16.1. The fraction of sp³-hybridized carbons (Fsp3) is 0.579. The molecule has 2 rings (SSSR count). The monoisotopic (exact) mass is 427 g/mol. The first kappa shape index (κ1) is 23.0. The maximum atomic E-state index is 12.7. The maximum Gasteiger partial charge on any atom is 0.408 e. The molecule has 1 aromatic rings. The molecule has 0 saturated carbocycles. The minimum Gasteiger partial charge on any atom is -0.497 e. The Bertz CT molecular complexity index is 809. The lowest BCUT2D eigenvalue weighted by atomic mass is 10.1. The number of alkyl carbamates (subject to hydrolysis) is 1. The Balaban J connectivity index is 1.80. The van der Waals surface area contributed by atoms with E-state index in [9.17, 15) is 18.0 Å². The molecule has 0 bridgehead atoms. The molecule has 0 aromatic heterocycles. The Morgan fingerprint density at radius 1 is 1.14 bits per heavy atom. The number of carbonyl (C=O) groups is 2. The summed E-state index contributed by atoms with van der Waals surface area (Å²) < 4.78 is 37.0. The van der Waals surface area contributed by atoms with Gasteiger partial charge in [-0.25, -0.2) is 13.2 Å². The van der Waals surface area contributed by atoms with Gasteiger partial charge < -0.3 is 20.1 Å². The third-order valence-corrected chi connectivity index (χ3v) is 6.22. The van der Waals surface area contributed by atoms with Crippen LogP contribution < -0.4 is 15.4 Å². The molecular weight excluding hydrogens is 398 g/mol. The van der Waals surface area contributed by atoms with Gasteiger partial charge in [0.05, 0.1) is 12.0 Å². The average Bonchev–Trinajstić information content (AvgIpc) is 2.65. The Hall–Kier alpha value is -2.33. The van der Waals surface area contributed by atoms with Crippen molar-refractivity contribution in [2.75, 3.05) is 26.7 Å². The molecule has 1 aliphatic rings. The highest BCUT2D eigenvalue weighted by molar-refractivity contribution is 7.89. The van der Waals surface area contributed by atoms with Crippen molar-refractivity contribution in [2.24, 2.45) is 0 Å². The number of nitrogens with zero attached hydrogens (tertiary/aromatic N) is 1. The van der Waals surface area contributed by atoms with Gasteiger partial charge in [0.2, 0.25) is 15.9 Å². The first-order valence-corrected chi connectivity index (χ1v) is 10.9. The number of ether oxygens (including phenoxy) is 2. The van der Waals surface area contributed by atoms with Gasteiger partial charge in [0.25, 0.3) is 0 Å². The minimum atomic E-state index is -3.59. The van der Waals surface area contributed by atoms with Crippen LogP contribution in [0.3, 0.4) is 0 Å². The third-order valence-electron chi connectivity index (χ3n) is 4.31. The van der Waals surface area contributed by atoms with E-state index < -0.39 is 21.7 Å². The minimum absolute atomic E-state index is 0.148. The van der Waals surface area contributed by atoms with Crippen LogP contribution in [-0.2, 0) is 19.6 Å². The highest BCUT2D eigenvalue weighted by Crippen LogP contribution is 2.22. The number of sulfonamides is 1. The summed E-state index contributed by atoms with van der Waals surface area (Å²) in [5.41, 5.74) is -0.636. The Morgan fingerprint density at radius 3 is 2.24 bits per heavy atom. The van der Waals surface area contributed by atoms with Crippen molar-refractivity contribution < 1.29 is 27.5 Å². The van der Waals surface area contributed by atoms with Gasteiger partial charge in [0.15, 0.2) is 0 Å². The van der Waals surface area contributed by atoms with Crippen molar-refractivity contribution in [2.45, 2.75) is 50.2 Å². The second-order valence-corrected chi connectivity index (χ2v) is 9.71. The summed E-state index contributed by atoms with van der Waals surface area (Å²) in [6.45, 7) is 5.62. The summed E-state index contributed by atoms with van der Waals surface area (Å²) in [5.74, 6) is 0.248. The SMILES string of the molecule is COc1ccc(S(=O)(=O)N2CCC(NC(=O)CNC(=O)OC(C)(C)C)CC2)cc1. The number of rotatable bonds is 6. The van der Waals surface area contributed by atoms with E-state index >= 15 is 0 Å². The molecule has 1 aromatic carbocycles. The van der Waals surface area contributed by atoms with Gasteiger partial charge in [-0.15, -0.1) is 0 Å². The van der Waals surface area contributed by atoms with Crippen LogP contribution in [0.1, 0.15) is 33.6 Å². The molecule has 9 nitrogen and oxygen atoms in total. The molecule has 10 heteroatoms. The standard InChI is InChI=1S/C19H29N3O6S/c1-19(2,3)28-18(24)20-13-17(23)21-14-9-11-22(12-10-14)29(25,26)16-7-5-15(27-4)6-8-16/h5-8,14H,9-13H2,1-4H3,(H,20,24)(H,21,23). The first-order chi connectivity index (χ1) is 13.5. The molecule has 1 aliphatic heterocycles. The number of carbonyl (C=O) groups excluding carboxylic acids is 2. The van der Waals surface area contributed by atoms with Crippen LogP contribution in [0.5, 0.6) is 5.75 Å². The molecule has 29 heavy (non-hydrogen) atoms. The van der Waals surface area contributed by atoms with Crippen LogP contribution in [0.4, 0.5) is 4.79 Å². The number of amides is 2. The zero-order chi connectivity index (χ0) is 21.7. The Morgan fingerprint density at radius 2 is 1.72 bits per heavy atom. The molecule has 162 valence electrons. The second kappa shape index (κ2) is 9.45. The van der Waals surface area contributed by atoms with Crippen LogP contribution in [0.25, 0.3) is 0 Å². The van der Waals surface area contributed by atoms with Gasteiger partial charge in [-0.2, -0.15) is 4.31 Å². The van der Waals surface area contributed by atoms with E-state index in [0.717, 1.165) is 0 Å². The highest BCUT2D eigenvalue weighted by atomic mass is 32.2. The largest absolute Gasteiger partial charge is 0.497 e. The summed E-state index contributed by atoms with van der Waals surface area (Å²) in [5, 5.41) is 5.22. The Labute approximate surface area is 171 Å². The molecule has 0 unspecified atom stereocenters. The number of nitrogens with one attached hydrogen (secondary N) is 2. The van der Waals surface area contributed by atoms with Crippen molar-refractivity contribution >= 4 is 22.0 Å². The smallest absolute Gasteiger partial charge is 0.408 e. The molecule has 0 atom stereocenters. The molecule has 2 N–H and O–H groups in total. The van der Waals surface area contributed by atoms with Gasteiger partial charge in [-0.3, -0.25) is 4.79 Å². The number of methoxy groups -OCH3 is 1. The zero-order valence-electron chi connectivity index (χ0n) is 17.2. The van der Waals surface area contributed by atoms with E-state index in [-0.39, 0.29) is 23.4 Å². The number of piperidine rings is 1. The molecule has 0 spiro atoms. The lowest BCUT2D eigenvalue weighted by molar-refractivity contribution is -0.121. The van der Waals surface area contributed by atoms with E-state index in [1.807, 2.05) is 0 Å². The topological polar surface area (TPSA) is 114 Å². The molecule has 1 heterocycles. The maximum absolute atomic E-state index is 12.7. The molecule has 1 fully saturated rings. The van der Waals surface area contributed by atoms with Crippen molar-refractivity contribution in [3.05, 3.63) is 24.3 Å². The summed E-state index contributed by atoms with van der Waals surface area (Å²) in [6.07, 6.45) is 0.328. The van der Waals surface area contributed by atoms with E-state index in [1.54, 1.807) is 32.9 Å². The summed E-state index contributed by atoms with van der Waals surface area (Å²) in [4.78, 5) is 23.8. The lowest BCUT2D eigenvalue weighted by Gasteiger charge is -2.31. The molecule has 2 amide bonds. The quantitative estimate of drug-likeness (QED) is 0.711. The fourth-order valence-electron chi connectivity index (χ4n) is 2.88. The third kappa shape index (κ3) is 6.90. The number of benzene rings is 1. The average molecular weight is 428 g/mol. The van der Waals surface area contributed by atoms with Crippen molar-refractivity contribution in [1.82, 2.24) is 14.9 Å². The summed E-state index contributed by atoms with van der Waals surface area (Å²) >= 11 is 0. The van der Waals surface area contributed by atoms with Crippen LogP contribution >= 0.6 is 0 Å². The van der Waals surface area contributed by atoms with Crippen molar-refractivity contribution in [3.63, 3.8) is 0 Å².